The first kappa shape index (κ1) is 22.4. The van der Waals surface area contributed by atoms with Crippen LogP contribution in [0.2, 0.25) is 0 Å². The number of carbonyl (C=O) groups excluding carboxylic acids is 2. The standard InChI is InChI=1S/C27H30N2O5/c1-26(17-12-13-17,23(30)28-27(24(31)32)14-6-7-15-27)29-25(33)34-16-22-20-10-4-2-8-18(20)19-9-3-5-11-21(19)22/h2-5,8-11,17,22H,6-7,12-16H2,1H3,(H,28,30)(H,29,33)(H,31,32). The summed E-state index contributed by atoms with van der Waals surface area (Å²) in [5.41, 5.74) is 2.05. The van der Waals surface area contributed by atoms with Crippen LogP contribution in [0.4, 0.5) is 4.79 Å². The molecule has 0 radical (unpaired) electrons. The van der Waals surface area contributed by atoms with E-state index in [9.17, 15) is 19.5 Å². The van der Waals surface area contributed by atoms with Crippen LogP contribution in [0.1, 0.15) is 62.5 Å². The lowest BCUT2D eigenvalue weighted by Crippen LogP contribution is -2.64. The Morgan fingerprint density at radius 1 is 1.00 bits per heavy atom. The van der Waals surface area contributed by atoms with Crippen molar-refractivity contribution in [3.05, 3.63) is 59.7 Å². The summed E-state index contributed by atoms with van der Waals surface area (Å²) in [6.07, 6.45) is 3.25. The molecular formula is C27H30N2O5. The predicted molar refractivity (Wildman–Crippen MR) is 126 cm³/mol. The molecular weight excluding hydrogens is 432 g/mol. The van der Waals surface area contributed by atoms with Crippen molar-refractivity contribution in [3.8, 4) is 11.1 Å². The number of carbonyl (C=O) groups is 3. The second-order valence-corrected chi connectivity index (χ2v) is 9.98. The minimum Gasteiger partial charge on any atom is -0.480 e. The number of ether oxygens (including phenoxy) is 1. The number of alkyl carbamates (subject to hydrolysis) is 1. The highest BCUT2D eigenvalue weighted by Crippen LogP contribution is 2.45. The van der Waals surface area contributed by atoms with Gasteiger partial charge in [-0.05, 0) is 60.8 Å². The number of amides is 2. The molecule has 1 atom stereocenters. The quantitative estimate of drug-likeness (QED) is 0.572. The highest BCUT2D eigenvalue weighted by molar-refractivity contribution is 5.94. The Hall–Kier alpha value is -3.35. The topological polar surface area (TPSA) is 105 Å². The third-order valence-electron chi connectivity index (χ3n) is 7.79. The van der Waals surface area contributed by atoms with Crippen LogP contribution in [0.15, 0.2) is 48.5 Å². The van der Waals surface area contributed by atoms with E-state index in [1.165, 1.54) is 0 Å². The van der Waals surface area contributed by atoms with E-state index in [1.54, 1.807) is 6.92 Å². The molecule has 5 rings (SSSR count). The van der Waals surface area contributed by atoms with Crippen molar-refractivity contribution >= 4 is 18.0 Å². The van der Waals surface area contributed by atoms with E-state index in [2.05, 4.69) is 34.9 Å². The summed E-state index contributed by atoms with van der Waals surface area (Å²) in [6, 6.07) is 16.2. The number of nitrogens with one attached hydrogen (secondary N) is 2. The molecule has 3 aliphatic rings. The molecule has 0 aliphatic heterocycles. The van der Waals surface area contributed by atoms with Crippen molar-refractivity contribution in [2.45, 2.75) is 62.4 Å². The van der Waals surface area contributed by atoms with Gasteiger partial charge in [0.2, 0.25) is 5.91 Å². The highest BCUT2D eigenvalue weighted by atomic mass is 16.5. The lowest BCUT2D eigenvalue weighted by atomic mass is 9.90. The van der Waals surface area contributed by atoms with Gasteiger partial charge in [-0.25, -0.2) is 9.59 Å². The van der Waals surface area contributed by atoms with E-state index in [-0.39, 0.29) is 18.4 Å². The zero-order chi connectivity index (χ0) is 23.9. The number of hydrogen-bond donors (Lipinski definition) is 3. The first-order chi connectivity index (χ1) is 16.3. The summed E-state index contributed by atoms with van der Waals surface area (Å²) < 4.78 is 5.66. The molecule has 1 unspecified atom stereocenters. The molecule has 178 valence electrons. The normalized spacial score (nSPS) is 20.0. The maximum absolute atomic E-state index is 13.3. The molecule has 0 spiro atoms. The van der Waals surface area contributed by atoms with Crippen LogP contribution >= 0.6 is 0 Å². The Bertz CT molecular complexity index is 1090. The summed E-state index contributed by atoms with van der Waals surface area (Å²) in [5, 5.41) is 15.3. The molecule has 2 aromatic carbocycles. The van der Waals surface area contributed by atoms with Gasteiger partial charge in [0.25, 0.3) is 0 Å². The fourth-order valence-electron chi connectivity index (χ4n) is 5.57. The van der Waals surface area contributed by atoms with Crippen molar-refractivity contribution in [2.24, 2.45) is 5.92 Å². The molecule has 0 saturated heterocycles. The highest BCUT2D eigenvalue weighted by Gasteiger charge is 2.52. The summed E-state index contributed by atoms with van der Waals surface area (Å²) in [4.78, 5) is 38.1. The van der Waals surface area contributed by atoms with Gasteiger partial charge < -0.3 is 20.5 Å². The molecule has 3 N–H and O–H groups in total. The van der Waals surface area contributed by atoms with Crippen LogP contribution in [0.3, 0.4) is 0 Å². The lowest BCUT2D eigenvalue weighted by molar-refractivity contribution is -0.148. The van der Waals surface area contributed by atoms with Gasteiger partial charge in [-0.2, -0.15) is 0 Å². The average molecular weight is 463 g/mol. The largest absolute Gasteiger partial charge is 0.480 e. The second-order valence-electron chi connectivity index (χ2n) is 9.98. The van der Waals surface area contributed by atoms with Crippen LogP contribution in [0, 0.1) is 5.92 Å². The summed E-state index contributed by atoms with van der Waals surface area (Å²) >= 11 is 0. The fourth-order valence-corrected chi connectivity index (χ4v) is 5.57. The summed E-state index contributed by atoms with van der Waals surface area (Å²) in [7, 11) is 0. The van der Waals surface area contributed by atoms with Crippen molar-refractivity contribution in [3.63, 3.8) is 0 Å². The van der Waals surface area contributed by atoms with Crippen molar-refractivity contribution in [1.29, 1.82) is 0 Å². The summed E-state index contributed by atoms with van der Waals surface area (Å²) in [6.45, 7) is 1.83. The number of carboxylic acids is 1. The molecule has 2 fully saturated rings. The number of aliphatic carboxylic acids is 1. The lowest BCUT2D eigenvalue weighted by Gasteiger charge is -2.34. The van der Waals surface area contributed by atoms with Crippen molar-refractivity contribution in [2.75, 3.05) is 6.61 Å². The number of rotatable bonds is 7. The van der Waals surface area contributed by atoms with Crippen LogP contribution in [0.5, 0.6) is 0 Å². The zero-order valence-corrected chi connectivity index (χ0v) is 19.3. The third kappa shape index (κ3) is 3.83. The van der Waals surface area contributed by atoms with E-state index in [1.807, 2.05) is 24.3 Å². The van der Waals surface area contributed by atoms with E-state index in [0.29, 0.717) is 12.8 Å². The molecule has 0 heterocycles. The number of benzene rings is 2. The van der Waals surface area contributed by atoms with Crippen molar-refractivity contribution in [1.82, 2.24) is 10.6 Å². The average Bonchev–Trinajstić information content (AvgIpc) is 3.50. The minimum atomic E-state index is -1.25. The van der Waals surface area contributed by atoms with E-state index in [4.69, 9.17) is 4.74 Å². The Kier molecular flexibility index (Phi) is 5.58. The number of hydrogen-bond acceptors (Lipinski definition) is 4. The van der Waals surface area contributed by atoms with E-state index in [0.717, 1.165) is 47.9 Å². The minimum absolute atomic E-state index is 0.0415. The molecule has 2 amide bonds. The molecule has 34 heavy (non-hydrogen) atoms. The van der Waals surface area contributed by atoms with Gasteiger partial charge in [-0.15, -0.1) is 0 Å². The monoisotopic (exact) mass is 462 g/mol. The van der Waals surface area contributed by atoms with Crippen LogP contribution in [-0.4, -0.2) is 40.8 Å². The maximum atomic E-state index is 13.3. The molecule has 2 aromatic rings. The molecule has 2 saturated carbocycles. The Morgan fingerprint density at radius 2 is 1.56 bits per heavy atom. The van der Waals surface area contributed by atoms with E-state index >= 15 is 0 Å². The molecule has 3 aliphatic carbocycles. The van der Waals surface area contributed by atoms with E-state index < -0.39 is 29.0 Å². The molecule has 7 nitrogen and oxygen atoms in total. The van der Waals surface area contributed by atoms with Gasteiger partial charge in [0.15, 0.2) is 0 Å². The van der Waals surface area contributed by atoms with Gasteiger partial charge in [-0.3, -0.25) is 4.79 Å². The molecule has 0 bridgehead atoms. The first-order valence-corrected chi connectivity index (χ1v) is 12.0. The van der Waals surface area contributed by atoms with Crippen LogP contribution < -0.4 is 10.6 Å². The SMILES string of the molecule is CC(NC(=O)OCC1c2ccccc2-c2ccccc21)(C(=O)NC1(C(=O)O)CCCC1)C1CC1. The van der Waals surface area contributed by atoms with Gasteiger partial charge in [-0.1, -0.05) is 61.4 Å². The number of fused-ring (bicyclic) bond motifs is 3. The summed E-state index contributed by atoms with van der Waals surface area (Å²) in [5.74, 6) is -1.58. The Balaban J connectivity index is 1.29. The van der Waals surface area contributed by atoms with Gasteiger partial charge in [0, 0.05) is 5.92 Å². The van der Waals surface area contributed by atoms with Gasteiger partial charge >= 0.3 is 12.1 Å². The van der Waals surface area contributed by atoms with Crippen LogP contribution in [-0.2, 0) is 14.3 Å². The van der Waals surface area contributed by atoms with Gasteiger partial charge in [0.05, 0.1) is 0 Å². The van der Waals surface area contributed by atoms with Crippen LogP contribution in [0.25, 0.3) is 11.1 Å². The predicted octanol–water partition coefficient (Wildman–Crippen LogP) is 4.21. The Labute approximate surface area is 198 Å². The first-order valence-electron chi connectivity index (χ1n) is 12.0. The second kappa shape index (κ2) is 8.46. The fraction of sp³-hybridized carbons (Fsp3) is 0.444. The molecule has 0 aromatic heterocycles. The number of carboxylic acid groups (broad SMARTS) is 1. The Morgan fingerprint density at radius 3 is 2.09 bits per heavy atom. The van der Waals surface area contributed by atoms with Crippen molar-refractivity contribution < 1.29 is 24.2 Å². The smallest absolute Gasteiger partial charge is 0.408 e. The third-order valence-corrected chi connectivity index (χ3v) is 7.79. The maximum Gasteiger partial charge on any atom is 0.408 e. The molecule has 7 heteroatoms. The van der Waals surface area contributed by atoms with Gasteiger partial charge in [0.1, 0.15) is 17.7 Å². The zero-order valence-electron chi connectivity index (χ0n) is 19.3.